The Bertz CT molecular complexity index is 714. The summed E-state index contributed by atoms with van der Waals surface area (Å²) in [5.74, 6) is -0.0000756. The molecule has 0 aliphatic heterocycles. The zero-order valence-electron chi connectivity index (χ0n) is 32.7. The molecule has 0 spiro atoms. The summed E-state index contributed by atoms with van der Waals surface area (Å²) in [6.45, 7) is 10.3. The molecule has 0 unspecified atom stereocenters. The largest absolute Gasteiger partial charge is 0.508 e. The van der Waals surface area contributed by atoms with E-state index in [1.165, 1.54) is 77.0 Å². The van der Waals surface area contributed by atoms with Gasteiger partial charge in [0.1, 0.15) is 6.10 Å². The number of aliphatic hydroxyl groups is 1. The highest BCUT2D eigenvalue weighted by atomic mass is 16.7. The van der Waals surface area contributed by atoms with Crippen LogP contribution in [0.25, 0.3) is 0 Å². The molecule has 0 bridgehead atoms. The van der Waals surface area contributed by atoms with Gasteiger partial charge in [0.15, 0.2) is 0 Å². The third-order valence-electron chi connectivity index (χ3n) is 9.30. The van der Waals surface area contributed by atoms with Crippen molar-refractivity contribution in [3.63, 3.8) is 0 Å². The number of ether oxygens (including phenoxy) is 3. The predicted molar refractivity (Wildman–Crippen MR) is 206 cm³/mol. The van der Waals surface area contributed by atoms with E-state index < -0.39 is 6.16 Å². The number of aliphatic hydroxyl groups excluding tert-OH is 1. The van der Waals surface area contributed by atoms with Crippen LogP contribution >= 0.6 is 0 Å². The summed E-state index contributed by atoms with van der Waals surface area (Å²) >= 11 is 0. The SMILES string of the molecule is CCC=CCCCCCOC(=O)OCCCCCN(CCO)CCCCCCCC(=O)OC(CCCCCCCC)CCCCCCCC. The molecule has 1 N–H and O–H groups in total. The molecule has 0 saturated heterocycles. The first-order chi connectivity index (χ1) is 24.1. The van der Waals surface area contributed by atoms with Crippen molar-refractivity contribution in [2.45, 2.75) is 207 Å². The molecule has 0 amide bonds. The van der Waals surface area contributed by atoms with Crippen LogP contribution in [0.4, 0.5) is 4.79 Å². The lowest BCUT2D eigenvalue weighted by molar-refractivity contribution is -0.150. The van der Waals surface area contributed by atoms with Crippen LogP contribution < -0.4 is 0 Å². The first-order valence-corrected chi connectivity index (χ1v) is 21.0. The van der Waals surface area contributed by atoms with Gasteiger partial charge in [-0.2, -0.15) is 0 Å². The zero-order chi connectivity index (χ0) is 35.9. The molecular formula is C42H81NO6. The summed E-state index contributed by atoms with van der Waals surface area (Å²) < 4.78 is 16.4. The Balaban J connectivity index is 3.98. The van der Waals surface area contributed by atoms with E-state index in [1.54, 1.807) is 0 Å². The zero-order valence-corrected chi connectivity index (χ0v) is 32.7. The monoisotopic (exact) mass is 696 g/mol. The molecule has 7 heteroatoms. The second-order valence-corrected chi connectivity index (χ2v) is 14.0. The summed E-state index contributed by atoms with van der Waals surface area (Å²) in [5, 5.41) is 9.50. The van der Waals surface area contributed by atoms with Crippen molar-refractivity contribution in [3.8, 4) is 0 Å². The van der Waals surface area contributed by atoms with E-state index in [-0.39, 0.29) is 18.7 Å². The van der Waals surface area contributed by atoms with Crippen LogP contribution in [-0.2, 0) is 19.0 Å². The number of nitrogens with zero attached hydrogens (tertiary/aromatic N) is 1. The Labute approximate surface area is 303 Å². The molecule has 0 atom stereocenters. The molecule has 49 heavy (non-hydrogen) atoms. The van der Waals surface area contributed by atoms with Gasteiger partial charge < -0.3 is 24.2 Å². The first-order valence-electron chi connectivity index (χ1n) is 21.0. The molecule has 0 rings (SSSR count). The smallest absolute Gasteiger partial charge is 0.462 e. The minimum Gasteiger partial charge on any atom is -0.462 e. The van der Waals surface area contributed by atoms with E-state index in [2.05, 4.69) is 37.8 Å². The van der Waals surface area contributed by atoms with Gasteiger partial charge in [-0.3, -0.25) is 4.79 Å². The van der Waals surface area contributed by atoms with Crippen LogP contribution in [0.3, 0.4) is 0 Å². The van der Waals surface area contributed by atoms with E-state index in [4.69, 9.17) is 14.2 Å². The average molecular weight is 696 g/mol. The summed E-state index contributed by atoms with van der Waals surface area (Å²) in [5.41, 5.74) is 0. The number of carbonyl (C=O) groups excluding carboxylic acids is 2. The second-order valence-electron chi connectivity index (χ2n) is 14.0. The van der Waals surface area contributed by atoms with Crippen molar-refractivity contribution in [2.24, 2.45) is 0 Å². The van der Waals surface area contributed by atoms with Gasteiger partial charge in [0.05, 0.1) is 19.8 Å². The van der Waals surface area contributed by atoms with Gasteiger partial charge in [0.25, 0.3) is 0 Å². The van der Waals surface area contributed by atoms with Crippen molar-refractivity contribution in [1.29, 1.82) is 0 Å². The van der Waals surface area contributed by atoms with E-state index >= 15 is 0 Å². The summed E-state index contributed by atoms with van der Waals surface area (Å²) in [6, 6.07) is 0. The molecule has 7 nitrogen and oxygen atoms in total. The van der Waals surface area contributed by atoms with E-state index in [0.29, 0.717) is 26.2 Å². The minimum absolute atomic E-state index is 0.0000756. The van der Waals surface area contributed by atoms with Gasteiger partial charge in [0.2, 0.25) is 0 Å². The number of carbonyl (C=O) groups is 2. The predicted octanol–water partition coefficient (Wildman–Crippen LogP) is 11.9. The maximum absolute atomic E-state index is 12.7. The van der Waals surface area contributed by atoms with Gasteiger partial charge in [-0.15, -0.1) is 0 Å². The first kappa shape index (κ1) is 47.4. The molecule has 0 aromatic rings. The van der Waals surface area contributed by atoms with Crippen LogP contribution in [0.5, 0.6) is 0 Å². The highest BCUT2D eigenvalue weighted by Crippen LogP contribution is 2.18. The molecule has 0 aliphatic rings. The van der Waals surface area contributed by atoms with Gasteiger partial charge in [0, 0.05) is 13.0 Å². The van der Waals surface area contributed by atoms with E-state index in [0.717, 1.165) is 109 Å². The summed E-state index contributed by atoms with van der Waals surface area (Å²) in [7, 11) is 0. The molecule has 0 aromatic carbocycles. The van der Waals surface area contributed by atoms with Crippen LogP contribution in [0.1, 0.15) is 201 Å². The Morgan fingerprint density at radius 1 is 0.571 bits per heavy atom. The van der Waals surface area contributed by atoms with Crippen LogP contribution in [-0.4, -0.2) is 67.7 Å². The fourth-order valence-corrected chi connectivity index (χ4v) is 6.22. The Hall–Kier alpha value is -1.60. The highest BCUT2D eigenvalue weighted by Gasteiger charge is 2.14. The van der Waals surface area contributed by atoms with Crippen LogP contribution in [0.2, 0.25) is 0 Å². The second kappa shape index (κ2) is 39.2. The molecule has 0 heterocycles. The van der Waals surface area contributed by atoms with Crippen molar-refractivity contribution >= 4 is 12.1 Å². The topological polar surface area (TPSA) is 85.3 Å². The minimum atomic E-state index is -0.555. The summed E-state index contributed by atoms with van der Waals surface area (Å²) in [4.78, 5) is 26.8. The van der Waals surface area contributed by atoms with Crippen LogP contribution in [0, 0.1) is 0 Å². The molecule has 0 aliphatic carbocycles. The van der Waals surface area contributed by atoms with E-state index in [9.17, 15) is 14.7 Å². The maximum atomic E-state index is 12.7. The third kappa shape index (κ3) is 36.0. The van der Waals surface area contributed by atoms with Gasteiger partial charge in [-0.1, -0.05) is 116 Å². The number of allylic oxidation sites excluding steroid dienone is 2. The fraction of sp³-hybridized carbons (Fsp3) is 0.905. The number of hydrogen-bond donors (Lipinski definition) is 1. The van der Waals surface area contributed by atoms with Crippen molar-refractivity contribution in [2.75, 3.05) is 39.5 Å². The number of hydrogen-bond acceptors (Lipinski definition) is 7. The van der Waals surface area contributed by atoms with Crippen LogP contribution in [0.15, 0.2) is 12.2 Å². The maximum Gasteiger partial charge on any atom is 0.508 e. The van der Waals surface area contributed by atoms with Gasteiger partial charge in [-0.25, -0.2) is 4.79 Å². The molecule has 0 fully saturated rings. The van der Waals surface area contributed by atoms with Gasteiger partial charge >= 0.3 is 12.1 Å². The molecule has 290 valence electrons. The Morgan fingerprint density at radius 2 is 1.06 bits per heavy atom. The van der Waals surface area contributed by atoms with Crippen molar-refractivity contribution in [1.82, 2.24) is 4.90 Å². The lowest BCUT2D eigenvalue weighted by Gasteiger charge is -2.21. The van der Waals surface area contributed by atoms with E-state index in [1.807, 2.05) is 0 Å². The fourth-order valence-electron chi connectivity index (χ4n) is 6.22. The van der Waals surface area contributed by atoms with Gasteiger partial charge in [-0.05, 0) is 103 Å². The third-order valence-corrected chi connectivity index (χ3v) is 9.30. The number of unbranched alkanes of at least 4 members (excludes halogenated alkanes) is 19. The molecule has 0 aromatic heterocycles. The average Bonchev–Trinajstić information content (AvgIpc) is 3.09. The normalized spacial score (nSPS) is 11.6. The molecule has 0 saturated carbocycles. The van der Waals surface area contributed by atoms with Crippen molar-refractivity contribution < 1.29 is 28.9 Å². The number of rotatable bonds is 38. The van der Waals surface area contributed by atoms with Crippen molar-refractivity contribution in [3.05, 3.63) is 12.2 Å². The Kier molecular flexibility index (Phi) is 37.9. The molecule has 0 radical (unpaired) electrons. The lowest BCUT2D eigenvalue weighted by Crippen LogP contribution is -2.29. The lowest BCUT2D eigenvalue weighted by atomic mass is 10.0. The highest BCUT2D eigenvalue weighted by molar-refractivity contribution is 5.69. The standard InChI is InChI=1S/C42H81NO6/c1-4-7-10-13-16-22-29-38-47-42(46)48-39-30-23-28-35-43(36-37-44)34-27-21-17-20-26-33-41(45)49-40(31-24-18-14-11-8-5-2)32-25-19-15-12-9-6-3/h7,10,40,44H,4-6,8-9,11-39H2,1-3H3. The molecular weight excluding hydrogens is 614 g/mol. The summed E-state index contributed by atoms with van der Waals surface area (Å²) in [6.07, 6.45) is 35.3. The Morgan fingerprint density at radius 3 is 1.61 bits per heavy atom. The number of esters is 1. The quantitative estimate of drug-likeness (QED) is 0.0391.